The number of nitrogens with zero attached hydrogens (tertiary/aromatic N) is 1. The summed E-state index contributed by atoms with van der Waals surface area (Å²) >= 11 is 0. The lowest BCUT2D eigenvalue weighted by atomic mass is 9.93. The highest BCUT2D eigenvalue weighted by Gasteiger charge is 2.03. The zero-order valence-corrected chi connectivity index (χ0v) is 8.90. The van der Waals surface area contributed by atoms with Crippen molar-refractivity contribution in [3.05, 3.63) is 30.2 Å². The predicted octanol–water partition coefficient (Wildman–Crippen LogP) is -0.0461. The average molecular weight is 212 g/mol. The molecule has 0 spiro atoms. The molecule has 1 aromatic carbocycles. The third-order valence-corrected chi connectivity index (χ3v) is 2.30. The minimum atomic E-state index is 0.575. The van der Waals surface area contributed by atoms with Crippen molar-refractivity contribution in [2.45, 2.75) is 6.42 Å². The molecule has 4 nitrogen and oxygen atoms in total. The summed E-state index contributed by atoms with van der Waals surface area (Å²) in [6, 6.07) is 5.44. The van der Waals surface area contributed by atoms with Crippen LogP contribution >= 0.6 is 0 Å². The third kappa shape index (κ3) is 2.25. The van der Waals surface area contributed by atoms with E-state index in [1.807, 2.05) is 12.1 Å². The van der Waals surface area contributed by atoms with Gasteiger partial charge >= 0.3 is 0 Å². The van der Waals surface area contributed by atoms with Crippen molar-refractivity contribution in [1.29, 1.82) is 0 Å². The fraction of sp³-hybridized carbons (Fsp3) is 0.182. The first-order valence-corrected chi connectivity index (χ1v) is 5.09. The van der Waals surface area contributed by atoms with Gasteiger partial charge in [0.2, 0.25) is 0 Å². The molecule has 80 valence electrons. The van der Waals surface area contributed by atoms with Gasteiger partial charge in [0, 0.05) is 17.7 Å². The smallest absolute Gasteiger partial charge is 0.113 e. The molecule has 2 aromatic rings. The number of nitrogens with one attached hydrogen (secondary N) is 1. The second kappa shape index (κ2) is 4.41. The molecule has 0 saturated heterocycles. The van der Waals surface area contributed by atoms with Crippen LogP contribution in [0, 0.1) is 0 Å². The van der Waals surface area contributed by atoms with E-state index < -0.39 is 0 Å². The molecule has 0 bridgehead atoms. The highest BCUT2D eigenvalue weighted by Crippen LogP contribution is 2.18. The van der Waals surface area contributed by atoms with Gasteiger partial charge in [-0.1, -0.05) is 11.5 Å². The molecule has 1 heterocycles. The Kier molecular flexibility index (Phi) is 2.96. The number of aromatic nitrogens is 2. The Morgan fingerprint density at radius 3 is 2.81 bits per heavy atom. The molecule has 0 fully saturated rings. The first kappa shape index (κ1) is 10.8. The first-order chi connectivity index (χ1) is 7.69. The largest absolute Gasteiger partial charge is 0.399 e. The van der Waals surface area contributed by atoms with Crippen LogP contribution in [0.1, 0.15) is 5.82 Å². The molecule has 0 saturated carbocycles. The van der Waals surface area contributed by atoms with E-state index in [0.29, 0.717) is 17.7 Å². The second-order valence-electron chi connectivity index (χ2n) is 3.67. The minimum Gasteiger partial charge on any atom is -0.399 e. The Balaban J connectivity index is 2.34. The van der Waals surface area contributed by atoms with Crippen molar-refractivity contribution in [2.75, 3.05) is 12.3 Å². The Morgan fingerprint density at radius 1 is 1.31 bits per heavy atom. The molecular formula is C11H13BN4. The van der Waals surface area contributed by atoms with E-state index in [0.717, 1.165) is 23.5 Å². The molecule has 0 aliphatic heterocycles. The first-order valence-electron chi connectivity index (χ1n) is 5.09. The number of H-pyrrole nitrogens is 1. The molecule has 5 heteroatoms. The summed E-state index contributed by atoms with van der Waals surface area (Å²) in [7, 11) is 5.73. The van der Waals surface area contributed by atoms with Crippen LogP contribution in [0.25, 0.3) is 11.3 Å². The molecule has 2 rings (SSSR count). The summed E-state index contributed by atoms with van der Waals surface area (Å²) in [6.45, 7) is 0.575. The highest BCUT2D eigenvalue weighted by atomic mass is 14.9. The van der Waals surface area contributed by atoms with Crippen molar-refractivity contribution in [1.82, 2.24) is 9.97 Å². The van der Waals surface area contributed by atoms with Gasteiger partial charge < -0.3 is 16.5 Å². The summed E-state index contributed by atoms with van der Waals surface area (Å²) in [4.78, 5) is 7.41. The molecule has 0 aliphatic rings. The van der Waals surface area contributed by atoms with Crippen molar-refractivity contribution >= 4 is 19.0 Å². The lowest BCUT2D eigenvalue weighted by Crippen LogP contribution is -2.05. The number of hydrogen-bond acceptors (Lipinski definition) is 3. The number of hydrogen-bond donors (Lipinski definition) is 3. The van der Waals surface area contributed by atoms with Crippen LogP contribution in [-0.2, 0) is 6.42 Å². The minimum absolute atomic E-state index is 0.575. The number of imidazole rings is 1. The molecule has 0 amide bonds. The van der Waals surface area contributed by atoms with E-state index >= 15 is 0 Å². The van der Waals surface area contributed by atoms with Gasteiger partial charge in [0.15, 0.2) is 0 Å². The van der Waals surface area contributed by atoms with Crippen LogP contribution in [0.2, 0.25) is 0 Å². The van der Waals surface area contributed by atoms with E-state index in [4.69, 9.17) is 19.3 Å². The SMILES string of the molecule is [B]c1cc(N)cc(-c2cnc(CCN)[nH]2)c1. The van der Waals surface area contributed by atoms with E-state index in [1.54, 1.807) is 12.3 Å². The predicted molar refractivity (Wildman–Crippen MR) is 66.6 cm³/mol. The number of benzene rings is 1. The van der Waals surface area contributed by atoms with Gasteiger partial charge in [-0.05, 0) is 18.7 Å². The Labute approximate surface area is 95.5 Å². The van der Waals surface area contributed by atoms with Crippen molar-refractivity contribution in [3.8, 4) is 11.3 Å². The van der Waals surface area contributed by atoms with Gasteiger partial charge in [0.1, 0.15) is 13.7 Å². The fourth-order valence-electron chi connectivity index (χ4n) is 1.61. The summed E-state index contributed by atoms with van der Waals surface area (Å²) in [5.41, 5.74) is 14.3. The maximum Gasteiger partial charge on any atom is 0.113 e. The van der Waals surface area contributed by atoms with Crippen LogP contribution < -0.4 is 16.9 Å². The fourth-order valence-corrected chi connectivity index (χ4v) is 1.61. The Hall–Kier alpha value is -1.75. The summed E-state index contributed by atoms with van der Waals surface area (Å²) in [5.74, 6) is 0.874. The van der Waals surface area contributed by atoms with Gasteiger partial charge in [-0.15, -0.1) is 0 Å². The normalized spacial score (nSPS) is 10.6. The summed E-state index contributed by atoms with van der Waals surface area (Å²) < 4.78 is 0. The number of rotatable bonds is 3. The lowest BCUT2D eigenvalue weighted by Gasteiger charge is -2.02. The molecular weight excluding hydrogens is 199 g/mol. The number of aromatic amines is 1. The van der Waals surface area contributed by atoms with Crippen LogP contribution in [0.15, 0.2) is 24.4 Å². The maximum atomic E-state index is 5.73. The van der Waals surface area contributed by atoms with E-state index in [9.17, 15) is 0 Å². The monoisotopic (exact) mass is 212 g/mol. The molecule has 0 atom stereocenters. The van der Waals surface area contributed by atoms with Gasteiger partial charge in [0.25, 0.3) is 0 Å². The van der Waals surface area contributed by atoms with Crippen LogP contribution in [0.3, 0.4) is 0 Å². The van der Waals surface area contributed by atoms with Gasteiger partial charge in [-0.25, -0.2) is 4.98 Å². The topological polar surface area (TPSA) is 80.7 Å². The lowest BCUT2D eigenvalue weighted by molar-refractivity contribution is 0.895. The van der Waals surface area contributed by atoms with Gasteiger partial charge in [0.05, 0.1) is 11.9 Å². The zero-order chi connectivity index (χ0) is 11.5. The van der Waals surface area contributed by atoms with Crippen LogP contribution in [-0.4, -0.2) is 24.4 Å². The molecule has 1 aromatic heterocycles. The van der Waals surface area contributed by atoms with Gasteiger partial charge in [-0.3, -0.25) is 0 Å². The quantitative estimate of drug-likeness (QED) is 0.493. The molecule has 5 N–H and O–H groups in total. The number of nitrogen functional groups attached to an aromatic ring is 1. The van der Waals surface area contributed by atoms with Crippen LogP contribution in [0.5, 0.6) is 0 Å². The van der Waals surface area contributed by atoms with Crippen molar-refractivity contribution in [2.24, 2.45) is 5.73 Å². The summed E-state index contributed by atoms with van der Waals surface area (Å²) in [5, 5.41) is 0. The van der Waals surface area contributed by atoms with Crippen molar-refractivity contribution in [3.63, 3.8) is 0 Å². The van der Waals surface area contributed by atoms with E-state index in [2.05, 4.69) is 9.97 Å². The molecule has 0 unspecified atom stereocenters. The molecule has 16 heavy (non-hydrogen) atoms. The Morgan fingerprint density at radius 2 is 2.12 bits per heavy atom. The van der Waals surface area contributed by atoms with Gasteiger partial charge in [-0.2, -0.15) is 0 Å². The zero-order valence-electron chi connectivity index (χ0n) is 8.90. The third-order valence-electron chi connectivity index (χ3n) is 2.30. The van der Waals surface area contributed by atoms with E-state index in [-0.39, 0.29) is 0 Å². The highest BCUT2D eigenvalue weighted by molar-refractivity contribution is 6.33. The molecule has 2 radical (unpaired) electrons. The number of anilines is 1. The Bertz CT molecular complexity index is 472. The number of nitrogens with two attached hydrogens (primary N) is 2. The summed E-state index contributed by atoms with van der Waals surface area (Å²) in [6.07, 6.45) is 2.50. The average Bonchev–Trinajstić information content (AvgIpc) is 2.65. The molecule has 0 aliphatic carbocycles. The maximum absolute atomic E-state index is 5.73. The van der Waals surface area contributed by atoms with Crippen molar-refractivity contribution < 1.29 is 0 Å². The van der Waals surface area contributed by atoms with Crippen LogP contribution in [0.4, 0.5) is 5.69 Å². The standard InChI is InChI=1S/C11H13BN4/c12-8-3-7(4-9(14)5-8)10-6-15-11(16-10)1-2-13/h3-6H,1-2,13-14H2,(H,15,16). The second-order valence-corrected chi connectivity index (χ2v) is 3.67. The van der Waals surface area contributed by atoms with E-state index in [1.165, 1.54) is 0 Å².